The van der Waals surface area contributed by atoms with Crippen LogP contribution in [0.1, 0.15) is 34.3 Å². The molecule has 2 aromatic carbocycles. The van der Waals surface area contributed by atoms with Crippen molar-refractivity contribution in [1.82, 2.24) is 10.2 Å². The Morgan fingerprint density at radius 3 is 2.65 bits per heavy atom. The van der Waals surface area contributed by atoms with Crippen LogP contribution < -0.4 is 5.32 Å². The number of fused-ring (bicyclic) bond motifs is 3. The van der Waals surface area contributed by atoms with Crippen LogP contribution in [0.4, 0.5) is 0 Å². The summed E-state index contributed by atoms with van der Waals surface area (Å²) in [5.74, 6) is 0.629. The number of carbonyl (C=O) groups excluding carboxylic acids is 1. The van der Waals surface area contributed by atoms with Crippen molar-refractivity contribution in [3.05, 3.63) is 59.2 Å². The van der Waals surface area contributed by atoms with Gasteiger partial charge in [0.25, 0.3) is 5.91 Å². The van der Waals surface area contributed by atoms with Crippen LogP contribution in [0.5, 0.6) is 0 Å². The van der Waals surface area contributed by atoms with Gasteiger partial charge in [-0.05, 0) is 79.7 Å². The summed E-state index contributed by atoms with van der Waals surface area (Å²) >= 11 is 0. The Balaban J connectivity index is 1.54. The molecule has 1 amide bonds. The number of carbonyl (C=O) groups is 1. The zero-order valence-electron chi connectivity index (χ0n) is 15.0. The maximum absolute atomic E-state index is 12.8. The molecule has 1 atom stereocenters. The first kappa shape index (κ1) is 16.8. The molecule has 0 aliphatic carbocycles. The molecule has 0 radical (unpaired) electrons. The Kier molecular flexibility index (Phi) is 4.48. The fourth-order valence-electron chi connectivity index (χ4n) is 4.27. The van der Waals surface area contributed by atoms with Crippen molar-refractivity contribution in [3.63, 3.8) is 0 Å². The van der Waals surface area contributed by atoms with E-state index in [-0.39, 0.29) is 11.9 Å². The van der Waals surface area contributed by atoms with Gasteiger partial charge in [0.2, 0.25) is 0 Å². The van der Waals surface area contributed by atoms with Gasteiger partial charge in [-0.2, -0.15) is 5.26 Å². The summed E-state index contributed by atoms with van der Waals surface area (Å²) in [6, 6.07) is 15.9. The van der Waals surface area contributed by atoms with Crippen LogP contribution >= 0.6 is 0 Å². The lowest BCUT2D eigenvalue weighted by Gasteiger charge is -2.44. The largest absolute Gasteiger partial charge is 0.348 e. The van der Waals surface area contributed by atoms with E-state index in [0.717, 1.165) is 23.2 Å². The predicted octanol–water partition coefficient (Wildman–Crippen LogP) is 3.36. The Labute approximate surface area is 154 Å². The van der Waals surface area contributed by atoms with E-state index < -0.39 is 0 Å². The van der Waals surface area contributed by atoms with E-state index in [1.165, 1.54) is 25.9 Å². The Morgan fingerprint density at radius 2 is 2.00 bits per heavy atom. The van der Waals surface area contributed by atoms with E-state index in [4.69, 9.17) is 5.26 Å². The topological polar surface area (TPSA) is 56.1 Å². The minimum absolute atomic E-state index is 0.0110. The molecular formula is C22H23N3O. The molecule has 0 spiro atoms. The van der Waals surface area contributed by atoms with Gasteiger partial charge in [0, 0.05) is 18.2 Å². The molecule has 3 heterocycles. The average Bonchev–Trinajstić information content (AvgIpc) is 2.69. The lowest BCUT2D eigenvalue weighted by molar-refractivity contribution is 0.0620. The van der Waals surface area contributed by atoms with Gasteiger partial charge in [0.15, 0.2) is 0 Å². The van der Waals surface area contributed by atoms with Crippen molar-refractivity contribution in [2.24, 2.45) is 5.92 Å². The van der Waals surface area contributed by atoms with Crippen molar-refractivity contribution in [1.29, 1.82) is 5.26 Å². The highest BCUT2D eigenvalue weighted by molar-refractivity contribution is 5.95. The zero-order chi connectivity index (χ0) is 18.1. The zero-order valence-corrected chi connectivity index (χ0v) is 15.0. The summed E-state index contributed by atoms with van der Waals surface area (Å²) in [7, 11) is 0. The van der Waals surface area contributed by atoms with Crippen molar-refractivity contribution in [2.75, 3.05) is 19.6 Å². The van der Waals surface area contributed by atoms with Gasteiger partial charge < -0.3 is 10.2 Å². The standard InChI is InChI=1S/C22H23N3O/c1-15-11-16(13-23)5-6-20(15)18-3-2-4-19(12-18)22(26)24-21-14-25-9-7-17(21)8-10-25/h2-6,11-12,17,21H,7-10,14H2,1H3,(H,24,26). The lowest BCUT2D eigenvalue weighted by atomic mass is 9.84. The molecule has 0 saturated carbocycles. The maximum Gasteiger partial charge on any atom is 0.251 e. The summed E-state index contributed by atoms with van der Waals surface area (Å²) in [5, 5.41) is 12.3. The van der Waals surface area contributed by atoms with Crippen LogP contribution in [0.3, 0.4) is 0 Å². The summed E-state index contributed by atoms with van der Waals surface area (Å²) in [4.78, 5) is 15.2. The SMILES string of the molecule is Cc1cc(C#N)ccc1-c1cccc(C(=O)NC2CN3CCC2CC3)c1. The third kappa shape index (κ3) is 3.23. The summed E-state index contributed by atoms with van der Waals surface area (Å²) in [6.45, 7) is 5.32. The maximum atomic E-state index is 12.8. The molecule has 26 heavy (non-hydrogen) atoms. The van der Waals surface area contributed by atoms with Crippen LogP contribution in [0, 0.1) is 24.2 Å². The van der Waals surface area contributed by atoms with Gasteiger partial charge in [-0.3, -0.25) is 4.79 Å². The Bertz CT molecular complexity index is 875. The van der Waals surface area contributed by atoms with Crippen LogP contribution in [0.15, 0.2) is 42.5 Å². The minimum atomic E-state index is 0.0110. The Morgan fingerprint density at radius 1 is 1.19 bits per heavy atom. The number of nitrogens with zero attached hydrogens (tertiary/aromatic N) is 2. The quantitative estimate of drug-likeness (QED) is 0.928. The molecule has 2 aromatic rings. The van der Waals surface area contributed by atoms with Crippen LogP contribution in [0.25, 0.3) is 11.1 Å². The minimum Gasteiger partial charge on any atom is -0.348 e. The van der Waals surface area contributed by atoms with Gasteiger partial charge >= 0.3 is 0 Å². The van der Waals surface area contributed by atoms with Gasteiger partial charge in [0.1, 0.15) is 0 Å². The number of hydrogen-bond acceptors (Lipinski definition) is 3. The van der Waals surface area contributed by atoms with E-state index in [0.29, 0.717) is 17.0 Å². The van der Waals surface area contributed by atoms with Crippen LogP contribution in [-0.2, 0) is 0 Å². The molecule has 3 aliphatic rings. The monoisotopic (exact) mass is 345 g/mol. The molecular weight excluding hydrogens is 322 g/mol. The molecule has 3 aliphatic heterocycles. The number of nitrogens with one attached hydrogen (secondary N) is 1. The van der Waals surface area contributed by atoms with Crippen molar-refractivity contribution in [2.45, 2.75) is 25.8 Å². The van der Waals surface area contributed by atoms with E-state index in [9.17, 15) is 4.79 Å². The predicted molar refractivity (Wildman–Crippen MR) is 102 cm³/mol. The molecule has 3 saturated heterocycles. The fourth-order valence-corrected chi connectivity index (χ4v) is 4.27. The van der Waals surface area contributed by atoms with E-state index in [1.807, 2.05) is 49.4 Å². The first-order valence-electron chi connectivity index (χ1n) is 9.28. The summed E-state index contributed by atoms with van der Waals surface area (Å²) < 4.78 is 0. The molecule has 5 rings (SSSR count). The van der Waals surface area contributed by atoms with Gasteiger partial charge in [-0.25, -0.2) is 0 Å². The molecule has 4 heteroatoms. The number of piperidine rings is 3. The van der Waals surface area contributed by atoms with Gasteiger partial charge in [-0.15, -0.1) is 0 Å². The average molecular weight is 345 g/mol. The highest BCUT2D eigenvalue weighted by Crippen LogP contribution is 2.28. The Hall–Kier alpha value is -2.64. The molecule has 3 fully saturated rings. The third-order valence-corrected chi connectivity index (χ3v) is 5.76. The second-order valence-electron chi connectivity index (χ2n) is 7.44. The first-order chi connectivity index (χ1) is 12.6. The highest BCUT2D eigenvalue weighted by Gasteiger charge is 2.34. The number of benzene rings is 2. The van der Waals surface area contributed by atoms with Gasteiger partial charge in [0.05, 0.1) is 11.6 Å². The van der Waals surface area contributed by atoms with E-state index >= 15 is 0 Å². The van der Waals surface area contributed by atoms with Crippen LogP contribution in [-0.4, -0.2) is 36.5 Å². The second-order valence-corrected chi connectivity index (χ2v) is 7.44. The number of aryl methyl sites for hydroxylation is 1. The number of rotatable bonds is 3. The highest BCUT2D eigenvalue weighted by atomic mass is 16.1. The third-order valence-electron chi connectivity index (χ3n) is 5.76. The first-order valence-corrected chi connectivity index (χ1v) is 9.28. The molecule has 1 unspecified atom stereocenters. The fraction of sp³-hybridized carbons (Fsp3) is 0.364. The molecule has 2 bridgehead atoms. The summed E-state index contributed by atoms with van der Waals surface area (Å²) in [5.41, 5.74) is 4.46. The smallest absolute Gasteiger partial charge is 0.251 e. The number of nitriles is 1. The molecule has 1 N–H and O–H groups in total. The van der Waals surface area contributed by atoms with Crippen molar-refractivity contribution < 1.29 is 4.79 Å². The molecule has 4 nitrogen and oxygen atoms in total. The van der Waals surface area contributed by atoms with E-state index in [2.05, 4.69) is 16.3 Å². The summed E-state index contributed by atoms with van der Waals surface area (Å²) in [6.07, 6.45) is 2.38. The second kappa shape index (κ2) is 6.93. The lowest BCUT2D eigenvalue weighted by Crippen LogP contribution is -2.57. The van der Waals surface area contributed by atoms with Crippen molar-refractivity contribution >= 4 is 5.91 Å². The van der Waals surface area contributed by atoms with Gasteiger partial charge in [-0.1, -0.05) is 18.2 Å². The van der Waals surface area contributed by atoms with E-state index in [1.54, 1.807) is 0 Å². The van der Waals surface area contributed by atoms with Crippen LogP contribution in [0.2, 0.25) is 0 Å². The number of amides is 1. The normalized spacial score (nSPS) is 24.1. The number of hydrogen-bond donors (Lipinski definition) is 1. The molecule has 0 aromatic heterocycles. The molecule has 132 valence electrons. The van der Waals surface area contributed by atoms with Crippen molar-refractivity contribution in [3.8, 4) is 17.2 Å².